The van der Waals surface area contributed by atoms with Gasteiger partial charge in [0.05, 0.1) is 13.2 Å². The summed E-state index contributed by atoms with van der Waals surface area (Å²) in [7, 11) is 0. The zero-order chi connectivity index (χ0) is 12.5. The Morgan fingerprint density at radius 1 is 1.35 bits per heavy atom. The lowest BCUT2D eigenvalue weighted by molar-refractivity contribution is 0.0907. The zero-order valence-electron chi connectivity index (χ0n) is 10.2. The minimum Gasteiger partial charge on any atom is -0.394 e. The smallest absolute Gasteiger partial charge is 0.0697 e. The van der Waals surface area contributed by atoms with Gasteiger partial charge in [-0.1, -0.05) is 23.7 Å². The third-order valence-corrected chi connectivity index (χ3v) is 2.75. The molecule has 0 saturated carbocycles. The quantitative estimate of drug-likeness (QED) is 0.701. The summed E-state index contributed by atoms with van der Waals surface area (Å²) in [5, 5.41) is 12.6. The van der Waals surface area contributed by atoms with Gasteiger partial charge in [0.15, 0.2) is 0 Å². The molecule has 4 heteroatoms. The second-order valence-corrected chi connectivity index (χ2v) is 4.37. The van der Waals surface area contributed by atoms with Crippen LogP contribution < -0.4 is 5.32 Å². The number of nitrogens with one attached hydrogen (secondary N) is 1. The summed E-state index contributed by atoms with van der Waals surface area (Å²) < 4.78 is 5.16. The fourth-order valence-electron chi connectivity index (χ4n) is 1.48. The Kier molecular flexibility index (Phi) is 7.21. The van der Waals surface area contributed by atoms with Crippen molar-refractivity contribution < 1.29 is 9.84 Å². The van der Waals surface area contributed by atoms with Gasteiger partial charge in [-0.3, -0.25) is 0 Å². The number of aliphatic hydroxyl groups excluding tert-OH is 1. The Balaban J connectivity index is 2.14. The van der Waals surface area contributed by atoms with E-state index in [0.29, 0.717) is 13.2 Å². The number of benzene rings is 1. The molecule has 0 amide bonds. The zero-order valence-corrected chi connectivity index (χ0v) is 11.0. The number of rotatable bonds is 8. The maximum atomic E-state index is 8.52. The topological polar surface area (TPSA) is 41.5 Å². The van der Waals surface area contributed by atoms with Crippen LogP contribution in [-0.2, 0) is 11.3 Å². The van der Waals surface area contributed by atoms with Crippen LogP contribution in [0.1, 0.15) is 17.5 Å². The van der Waals surface area contributed by atoms with E-state index in [4.69, 9.17) is 21.4 Å². The predicted octanol–water partition coefficient (Wildman–Crippen LogP) is 2.14. The second-order valence-electron chi connectivity index (χ2n) is 3.96. The van der Waals surface area contributed by atoms with E-state index in [9.17, 15) is 0 Å². The van der Waals surface area contributed by atoms with Crippen molar-refractivity contribution in [3.63, 3.8) is 0 Å². The molecule has 0 aromatic heterocycles. The Morgan fingerprint density at radius 2 is 2.18 bits per heavy atom. The summed E-state index contributed by atoms with van der Waals surface area (Å²) in [6.07, 6.45) is 0.934. The van der Waals surface area contributed by atoms with Crippen molar-refractivity contribution in [2.45, 2.75) is 19.9 Å². The monoisotopic (exact) mass is 257 g/mol. The van der Waals surface area contributed by atoms with Crippen LogP contribution in [0.3, 0.4) is 0 Å². The first-order valence-corrected chi connectivity index (χ1v) is 6.26. The average Bonchev–Trinajstić information content (AvgIpc) is 2.30. The molecule has 0 bridgehead atoms. The minimum atomic E-state index is 0.0897. The van der Waals surface area contributed by atoms with Gasteiger partial charge < -0.3 is 15.2 Å². The van der Waals surface area contributed by atoms with E-state index >= 15 is 0 Å². The average molecular weight is 258 g/mol. The van der Waals surface area contributed by atoms with Gasteiger partial charge in [-0.15, -0.1) is 0 Å². The van der Waals surface area contributed by atoms with Gasteiger partial charge >= 0.3 is 0 Å². The summed E-state index contributed by atoms with van der Waals surface area (Å²) in [6.45, 7) is 4.88. The molecular formula is C13H20ClNO2. The highest BCUT2D eigenvalue weighted by molar-refractivity contribution is 6.31. The molecule has 0 radical (unpaired) electrons. The second kappa shape index (κ2) is 8.48. The summed E-state index contributed by atoms with van der Waals surface area (Å²) in [6, 6.07) is 6.09. The van der Waals surface area contributed by atoms with E-state index in [1.54, 1.807) is 0 Å². The fraction of sp³-hybridized carbons (Fsp3) is 0.538. The molecule has 0 aliphatic rings. The van der Waals surface area contributed by atoms with Crippen molar-refractivity contribution in [3.05, 3.63) is 34.3 Å². The van der Waals surface area contributed by atoms with Crippen LogP contribution in [0.5, 0.6) is 0 Å². The van der Waals surface area contributed by atoms with Crippen LogP contribution in [0.4, 0.5) is 0 Å². The molecule has 1 aromatic carbocycles. The molecule has 3 nitrogen and oxygen atoms in total. The van der Waals surface area contributed by atoms with Crippen LogP contribution >= 0.6 is 11.6 Å². The predicted molar refractivity (Wildman–Crippen MR) is 70.4 cm³/mol. The van der Waals surface area contributed by atoms with Gasteiger partial charge in [-0.25, -0.2) is 0 Å². The highest BCUT2D eigenvalue weighted by Gasteiger charge is 1.99. The number of hydrogen-bond acceptors (Lipinski definition) is 3. The highest BCUT2D eigenvalue weighted by Crippen LogP contribution is 2.17. The third-order valence-electron chi connectivity index (χ3n) is 2.40. The molecule has 0 saturated heterocycles. The molecule has 0 heterocycles. The standard InChI is InChI=1S/C13H20ClNO2/c1-11-3-4-12(13(14)9-11)10-15-5-2-7-17-8-6-16/h3-4,9,15-16H,2,5-8,10H2,1H3. The normalized spacial score (nSPS) is 10.8. The van der Waals surface area contributed by atoms with Crippen molar-refractivity contribution in [1.29, 1.82) is 0 Å². The molecule has 0 fully saturated rings. The van der Waals surface area contributed by atoms with Crippen LogP contribution in [-0.4, -0.2) is 31.5 Å². The van der Waals surface area contributed by atoms with E-state index < -0.39 is 0 Å². The molecule has 0 aliphatic carbocycles. The van der Waals surface area contributed by atoms with Gasteiger partial charge in [0, 0.05) is 18.2 Å². The highest BCUT2D eigenvalue weighted by atomic mass is 35.5. The fourth-order valence-corrected chi connectivity index (χ4v) is 1.79. The largest absolute Gasteiger partial charge is 0.394 e. The molecule has 1 rings (SSSR count). The summed E-state index contributed by atoms with van der Waals surface area (Å²) >= 11 is 6.12. The molecular weight excluding hydrogens is 238 g/mol. The Hall–Kier alpha value is -0.610. The van der Waals surface area contributed by atoms with Gasteiger partial charge in [-0.2, -0.15) is 0 Å². The van der Waals surface area contributed by atoms with Crippen molar-refractivity contribution in [3.8, 4) is 0 Å². The molecule has 0 aliphatic heterocycles. The number of aryl methyl sites for hydroxylation is 1. The van der Waals surface area contributed by atoms with E-state index in [1.165, 1.54) is 5.56 Å². The van der Waals surface area contributed by atoms with Crippen molar-refractivity contribution in [1.82, 2.24) is 5.32 Å². The van der Waals surface area contributed by atoms with Gasteiger partial charge in [-0.05, 0) is 37.1 Å². The maximum Gasteiger partial charge on any atom is 0.0697 e. The first-order chi connectivity index (χ1) is 8.24. The number of ether oxygens (including phenoxy) is 1. The molecule has 0 unspecified atom stereocenters. The summed E-state index contributed by atoms with van der Waals surface area (Å²) in [4.78, 5) is 0. The lowest BCUT2D eigenvalue weighted by atomic mass is 10.1. The van der Waals surface area contributed by atoms with Gasteiger partial charge in [0.25, 0.3) is 0 Å². The molecule has 1 aromatic rings. The van der Waals surface area contributed by atoms with Crippen LogP contribution in [0.2, 0.25) is 5.02 Å². The molecule has 96 valence electrons. The van der Waals surface area contributed by atoms with Crippen LogP contribution in [0.25, 0.3) is 0 Å². The number of hydrogen-bond donors (Lipinski definition) is 2. The number of halogens is 1. The van der Waals surface area contributed by atoms with Crippen molar-refractivity contribution >= 4 is 11.6 Å². The molecule has 17 heavy (non-hydrogen) atoms. The van der Waals surface area contributed by atoms with E-state index in [1.807, 2.05) is 19.1 Å². The van der Waals surface area contributed by atoms with Gasteiger partial charge in [0.1, 0.15) is 0 Å². The Bertz CT molecular complexity index is 331. The third kappa shape index (κ3) is 6.03. The SMILES string of the molecule is Cc1ccc(CNCCCOCCO)c(Cl)c1. The van der Waals surface area contributed by atoms with E-state index in [2.05, 4.69) is 11.4 Å². The molecule has 0 spiro atoms. The number of aliphatic hydroxyl groups is 1. The first kappa shape index (κ1) is 14.5. The van der Waals surface area contributed by atoms with Crippen molar-refractivity contribution in [2.75, 3.05) is 26.4 Å². The summed E-state index contributed by atoms with van der Waals surface area (Å²) in [5.74, 6) is 0. The molecule has 2 N–H and O–H groups in total. The van der Waals surface area contributed by atoms with Crippen LogP contribution in [0, 0.1) is 6.92 Å². The first-order valence-electron chi connectivity index (χ1n) is 5.88. The summed E-state index contributed by atoms with van der Waals surface area (Å²) in [5.41, 5.74) is 2.30. The molecule has 0 atom stereocenters. The van der Waals surface area contributed by atoms with Crippen LogP contribution in [0.15, 0.2) is 18.2 Å². The maximum absolute atomic E-state index is 8.52. The minimum absolute atomic E-state index is 0.0897. The van der Waals surface area contributed by atoms with Gasteiger partial charge in [0.2, 0.25) is 0 Å². The lowest BCUT2D eigenvalue weighted by Crippen LogP contribution is -2.17. The van der Waals surface area contributed by atoms with E-state index in [-0.39, 0.29) is 6.61 Å². The van der Waals surface area contributed by atoms with E-state index in [0.717, 1.165) is 30.1 Å². The van der Waals surface area contributed by atoms with Crippen molar-refractivity contribution in [2.24, 2.45) is 0 Å². The Morgan fingerprint density at radius 3 is 2.88 bits per heavy atom. The lowest BCUT2D eigenvalue weighted by Gasteiger charge is -2.07. The Labute approximate surface area is 108 Å².